The number of benzene rings is 2. The van der Waals surface area contributed by atoms with Crippen LogP contribution < -0.4 is 4.90 Å². The Hall–Kier alpha value is -3.04. The highest BCUT2D eigenvalue weighted by Crippen LogP contribution is 2.39. The SMILES string of the molecule is CC(C)(C)OC(=O)N1C2CCC1CN(c1nc(Cl)nc3c(F)c(-c4cccc5cccc(Br)c45)ncc13)C2. The van der Waals surface area contributed by atoms with Gasteiger partial charge in [0.05, 0.1) is 17.5 Å². The maximum atomic E-state index is 16.1. The molecule has 2 saturated heterocycles. The smallest absolute Gasteiger partial charge is 0.410 e. The second-order valence-electron chi connectivity index (χ2n) is 10.8. The van der Waals surface area contributed by atoms with Crippen molar-refractivity contribution in [3.05, 3.63) is 58.2 Å². The van der Waals surface area contributed by atoms with E-state index in [4.69, 9.17) is 16.3 Å². The van der Waals surface area contributed by atoms with E-state index >= 15 is 4.39 Å². The van der Waals surface area contributed by atoms with Gasteiger partial charge in [0, 0.05) is 34.7 Å². The van der Waals surface area contributed by atoms with Crippen molar-refractivity contribution in [1.29, 1.82) is 0 Å². The molecule has 10 heteroatoms. The van der Waals surface area contributed by atoms with E-state index in [1.165, 1.54) is 0 Å². The lowest BCUT2D eigenvalue weighted by atomic mass is 10.0. The summed E-state index contributed by atoms with van der Waals surface area (Å²) in [4.78, 5) is 30.1. The molecule has 4 aromatic rings. The minimum absolute atomic E-state index is 0.0301. The van der Waals surface area contributed by atoms with E-state index < -0.39 is 11.4 Å². The highest BCUT2D eigenvalue weighted by Gasteiger charge is 2.45. The van der Waals surface area contributed by atoms with Gasteiger partial charge in [-0.25, -0.2) is 14.2 Å². The van der Waals surface area contributed by atoms with Gasteiger partial charge in [0.25, 0.3) is 0 Å². The zero-order valence-corrected chi connectivity index (χ0v) is 23.6. The summed E-state index contributed by atoms with van der Waals surface area (Å²) in [6.07, 6.45) is 3.05. The molecule has 6 rings (SSSR count). The summed E-state index contributed by atoms with van der Waals surface area (Å²) >= 11 is 9.95. The van der Waals surface area contributed by atoms with Crippen LogP contribution in [0.4, 0.5) is 15.0 Å². The van der Waals surface area contributed by atoms with Gasteiger partial charge in [0.1, 0.15) is 22.6 Å². The van der Waals surface area contributed by atoms with Crippen molar-refractivity contribution in [2.45, 2.75) is 51.3 Å². The Morgan fingerprint density at radius 1 is 1.11 bits per heavy atom. The lowest BCUT2D eigenvalue weighted by molar-refractivity contribution is 0.0123. The molecule has 2 atom stereocenters. The summed E-state index contributed by atoms with van der Waals surface area (Å²) in [5.74, 6) is -0.0237. The standard InChI is InChI=1S/C28H26BrClFN5O2/c1-28(2,3)38-27(37)36-16-10-11-17(36)14-35(13-16)25-19-12-32-23(22(31)24(19)33-26(30)34-25)18-8-4-6-15-7-5-9-20(29)21(15)18/h4-9,12,16-17H,10-11,13-14H2,1-3H3. The lowest BCUT2D eigenvalue weighted by Gasteiger charge is -2.42. The molecule has 2 unspecified atom stereocenters. The number of aromatic nitrogens is 3. The Labute approximate surface area is 233 Å². The monoisotopic (exact) mass is 597 g/mol. The molecule has 0 aliphatic carbocycles. The second kappa shape index (κ2) is 9.31. The van der Waals surface area contributed by atoms with E-state index in [9.17, 15) is 4.79 Å². The Morgan fingerprint density at radius 2 is 1.79 bits per heavy atom. The Bertz CT molecular complexity index is 1570. The molecule has 4 heterocycles. The number of ether oxygens (including phenoxy) is 1. The van der Waals surface area contributed by atoms with Crippen LogP contribution in [0.5, 0.6) is 0 Å². The molecule has 0 spiro atoms. The maximum Gasteiger partial charge on any atom is 0.410 e. The summed E-state index contributed by atoms with van der Waals surface area (Å²) in [7, 11) is 0. The molecule has 2 aromatic carbocycles. The van der Waals surface area contributed by atoms with Gasteiger partial charge in [-0.3, -0.25) is 9.88 Å². The average Bonchev–Trinajstić information content (AvgIpc) is 3.13. The summed E-state index contributed by atoms with van der Waals surface area (Å²) < 4.78 is 22.6. The molecule has 38 heavy (non-hydrogen) atoms. The third kappa shape index (κ3) is 4.35. The van der Waals surface area contributed by atoms with Gasteiger partial charge in [-0.2, -0.15) is 4.98 Å². The summed E-state index contributed by atoms with van der Waals surface area (Å²) in [5.41, 5.74) is 0.418. The number of anilines is 1. The molecular weight excluding hydrogens is 573 g/mol. The molecule has 7 nitrogen and oxygen atoms in total. The van der Waals surface area contributed by atoms with Crippen molar-refractivity contribution >= 4 is 61.1 Å². The van der Waals surface area contributed by atoms with Crippen LogP contribution in [0.1, 0.15) is 33.6 Å². The highest BCUT2D eigenvalue weighted by atomic mass is 79.9. The Morgan fingerprint density at radius 3 is 2.47 bits per heavy atom. The predicted molar refractivity (Wildman–Crippen MR) is 150 cm³/mol. The first kappa shape index (κ1) is 25.2. The first-order chi connectivity index (χ1) is 18.1. The lowest BCUT2D eigenvalue weighted by Crippen LogP contribution is -2.57. The molecular formula is C28H26BrClFN5O2. The number of piperazine rings is 1. The molecule has 2 bridgehead atoms. The van der Waals surface area contributed by atoms with Crippen molar-refractivity contribution in [3.8, 4) is 11.3 Å². The minimum atomic E-state index is -0.565. The van der Waals surface area contributed by atoms with E-state index in [0.29, 0.717) is 29.9 Å². The van der Waals surface area contributed by atoms with Crippen LogP contribution in [0.2, 0.25) is 5.28 Å². The fraction of sp³-hybridized carbons (Fsp3) is 0.357. The van der Waals surface area contributed by atoms with Crippen LogP contribution in [0.15, 0.2) is 47.1 Å². The van der Waals surface area contributed by atoms with Crippen LogP contribution in [-0.2, 0) is 4.74 Å². The van der Waals surface area contributed by atoms with Crippen LogP contribution in [0.25, 0.3) is 32.9 Å². The number of fused-ring (bicyclic) bond motifs is 4. The van der Waals surface area contributed by atoms with Crippen molar-refractivity contribution in [2.24, 2.45) is 0 Å². The van der Waals surface area contributed by atoms with Crippen LogP contribution in [-0.4, -0.2) is 56.7 Å². The fourth-order valence-corrected chi connectivity index (χ4v) is 6.38. The molecule has 2 aliphatic heterocycles. The molecule has 2 fully saturated rings. The third-order valence-electron chi connectivity index (χ3n) is 7.13. The summed E-state index contributed by atoms with van der Waals surface area (Å²) in [6, 6.07) is 11.5. The van der Waals surface area contributed by atoms with Crippen LogP contribution in [0.3, 0.4) is 0 Å². The number of carbonyl (C=O) groups is 1. The van der Waals surface area contributed by atoms with Gasteiger partial charge in [-0.05, 0) is 56.7 Å². The number of carbonyl (C=O) groups excluding carboxylic acids is 1. The van der Waals surface area contributed by atoms with Gasteiger partial charge in [-0.1, -0.05) is 46.3 Å². The minimum Gasteiger partial charge on any atom is -0.444 e. The maximum absolute atomic E-state index is 16.1. The Kier molecular flexibility index (Phi) is 6.18. The van der Waals surface area contributed by atoms with E-state index in [0.717, 1.165) is 28.1 Å². The largest absolute Gasteiger partial charge is 0.444 e. The van der Waals surface area contributed by atoms with Crippen molar-refractivity contribution in [1.82, 2.24) is 19.9 Å². The van der Waals surface area contributed by atoms with E-state index in [-0.39, 0.29) is 34.7 Å². The molecule has 0 radical (unpaired) electrons. The second-order valence-corrected chi connectivity index (χ2v) is 12.0. The number of nitrogens with zero attached hydrogens (tertiary/aromatic N) is 5. The highest BCUT2D eigenvalue weighted by molar-refractivity contribution is 9.10. The van der Waals surface area contributed by atoms with Crippen LogP contribution in [0, 0.1) is 5.82 Å². The van der Waals surface area contributed by atoms with Gasteiger partial charge in [-0.15, -0.1) is 0 Å². The zero-order valence-electron chi connectivity index (χ0n) is 21.2. The molecule has 0 N–H and O–H groups in total. The number of pyridine rings is 1. The first-order valence-electron chi connectivity index (χ1n) is 12.6. The van der Waals surface area contributed by atoms with Gasteiger partial charge < -0.3 is 9.64 Å². The Balaban J connectivity index is 1.39. The predicted octanol–water partition coefficient (Wildman–Crippen LogP) is 6.99. The van der Waals surface area contributed by atoms with Gasteiger partial charge in [0.2, 0.25) is 5.28 Å². The number of amides is 1. The van der Waals surface area contributed by atoms with E-state index in [2.05, 4.69) is 35.8 Å². The quantitative estimate of drug-likeness (QED) is 0.232. The topological polar surface area (TPSA) is 71.5 Å². The molecule has 196 valence electrons. The van der Waals surface area contributed by atoms with E-state index in [1.807, 2.05) is 62.1 Å². The average molecular weight is 599 g/mol. The van der Waals surface area contributed by atoms with Crippen LogP contribution >= 0.6 is 27.5 Å². The van der Waals surface area contributed by atoms with Crippen molar-refractivity contribution in [3.63, 3.8) is 0 Å². The molecule has 2 aromatic heterocycles. The number of hydrogen-bond donors (Lipinski definition) is 0. The van der Waals surface area contributed by atoms with E-state index in [1.54, 1.807) is 6.20 Å². The number of rotatable bonds is 2. The van der Waals surface area contributed by atoms with Crippen molar-refractivity contribution in [2.75, 3.05) is 18.0 Å². The first-order valence-corrected chi connectivity index (χ1v) is 13.7. The summed E-state index contributed by atoms with van der Waals surface area (Å²) in [5, 5.41) is 2.29. The van der Waals surface area contributed by atoms with Crippen molar-refractivity contribution < 1.29 is 13.9 Å². The van der Waals surface area contributed by atoms with Gasteiger partial charge in [0.15, 0.2) is 5.82 Å². The normalized spacial score (nSPS) is 19.4. The molecule has 1 amide bonds. The van der Waals surface area contributed by atoms with Gasteiger partial charge >= 0.3 is 6.09 Å². The zero-order chi connectivity index (χ0) is 26.8. The number of halogens is 3. The third-order valence-corrected chi connectivity index (χ3v) is 7.96. The molecule has 2 aliphatic rings. The number of hydrogen-bond acceptors (Lipinski definition) is 6. The summed E-state index contributed by atoms with van der Waals surface area (Å²) in [6.45, 7) is 6.68. The molecule has 0 saturated carbocycles. The fourth-order valence-electron chi connectivity index (χ4n) is 5.63.